The van der Waals surface area contributed by atoms with E-state index in [1.807, 2.05) is 44.2 Å². The fourth-order valence-corrected chi connectivity index (χ4v) is 2.12. The average molecular weight is 221 g/mol. The fraction of sp³-hybridized carbons (Fsp3) is 0.571. The maximum absolute atomic E-state index is 10.9. The summed E-state index contributed by atoms with van der Waals surface area (Å²) in [5, 5.41) is 10.9. The molecular weight excluding hydrogens is 198 g/mol. The Bertz CT molecular complexity index is 321. The lowest BCUT2D eigenvalue weighted by Gasteiger charge is -2.42. The third kappa shape index (κ3) is 2.28. The first kappa shape index (κ1) is 13.2. The van der Waals surface area contributed by atoms with E-state index < -0.39 is 5.60 Å². The van der Waals surface area contributed by atoms with Crippen LogP contribution in [0.1, 0.15) is 39.2 Å². The van der Waals surface area contributed by atoms with Gasteiger partial charge in [-0.25, -0.2) is 0 Å². The van der Waals surface area contributed by atoms with Gasteiger partial charge in [0.25, 0.3) is 0 Å². The molecule has 0 spiro atoms. The normalized spacial score (nSPS) is 15.8. The summed E-state index contributed by atoms with van der Waals surface area (Å²) in [5.74, 6) is 0. The summed E-state index contributed by atoms with van der Waals surface area (Å²) < 4.78 is 0. The summed E-state index contributed by atoms with van der Waals surface area (Å²) in [6.07, 6.45) is 1.68. The number of rotatable bonds is 5. The van der Waals surface area contributed by atoms with Gasteiger partial charge in [0, 0.05) is 12.0 Å². The minimum Gasteiger partial charge on any atom is -0.385 e. The molecule has 16 heavy (non-hydrogen) atoms. The highest BCUT2D eigenvalue weighted by Crippen LogP contribution is 2.42. The van der Waals surface area contributed by atoms with Gasteiger partial charge in [-0.1, -0.05) is 57.5 Å². The van der Waals surface area contributed by atoms with Gasteiger partial charge in [-0.15, -0.1) is 0 Å². The van der Waals surface area contributed by atoms with Crippen LogP contribution in [0.3, 0.4) is 0 Å². The van der Waals surface area contributed by atoms with E-state index in [9.17, 15) is 5.11 Å². The average Bonchev–Trinajstić information content (AvgIpc) is 2.30. The van der Waals surface area contributed by atoms with Crippen molar-refractivity contribution in [2.45, 2.75) is 39.2 Å². The molecule has 0 aromatic heterocycles. The Kier molecular flexibility index (Phi) is 4.11. The summed E-state index contributed by atoms with van der Waals surface area (Å²) in [6.45, 7) is 6.60. The molecule has 0 heterocycles. The zero-order valence-corrected chi connectivity index (χ0v) is 10.5. The number of hydrogen-bond acceptors (Lipinski definition) is 2. The predicted molar refractivity (Wildman–Crippen MR) is 68.1 cm³/mol. The molecule has 1 aromatic rings. The van der Waals surface area contributed by atoms with Gasteiger partial charge in [0.15, 0.2) is 0 Å². The summed E-state index contributed by atoms with van der Waals surface area (Å²) >= 11 is 0. The molecule has 1 aromatic carbocycles. The van der Waals surface area contributed by atoms with Crippen LogP contribution >= 0.6 is 0 Å². The Hall–Kier alpha value is -0.860. The highest BCUT2D eigenvalue weighted by atomic mass is 16.3. The van der Waals surface area contributed by atoms with Crippen LogP contribution in [0, 0.1) is 5.41 Å². The van der Waals surface area contributed by atoms with Gasteiger partial charge in [0.05, 0.1) is 5.60 Å². The maximum Gasteiger partial charge on any atom is 0.0959 e. The second kappa shape index (κ2) is 4.98. The molecule has 2 heteroatoms. The lowest BCUT2D eigenvalue weighted by Crippen LogP contribution is -2.46. The maximum atomic E-state index is 10.9. The molecule has 0 aliphatic heterocycles. The molecule has 3 N–H and O–H groups in total. The summed E-state index contributed by atoms with van der Waals surface area (Å²) in [7, 11) is 0. The number of hydrogen-bond donors (Lipinski definition) is 2. The Labute approximate surface area is 98.5 Å². The SMILES string of the molecule is CCCC(O)(c1ccccc1)C(C)(C)CN. The van der Waals surface area contributed by atoms with E-state index in [2.05, 4.69) is 6.92 Å². The minimum atomic E-state index is -0.836. The van der Waals surface area contributed by atoms with Crippen LogP contribution in [0.4, 0.5) is 0 Å². The zero-order chi connectivity index (χ0) is 12.2. The molecule has 90 valence electrons. The monoisotopic (exact) mass is 221 g/mol. The summed E-state index contributed by atoms with van der Waals surface area (Å²) in [5.41, 5.74) is 5.61. The van der Waals surface area contributed by atoms with Gasteiger partial charge >= 0.3 is 0 Å². The Balaban J connectivity index is 3.16. The highest BCUT2D eigenvalue weighted by molar-refractivity contribution is 5.25. The minimum absolute atomic E-state index is 0.315. The topological polar surface area (TPSA) is 46.2 Å². The molecule has 1 unspecified atom stereocenters. The van der Waals surface area contributed by atoms with Crippen LogP contribution in [0.5, 0.6) is 0 Å². The van der Waals surface area contributed by atoms with Crippen LogP contribution in [0.2, 0.25) is 0 Å². The van der Waals surface area contributed by atoms with Crippen molar-refractivity contribution in [1.82, 2.24) is 0 Å². The Morgan fingerprint density at radius 1 is 1.19 bits per heavy atom. The van der Waals surface area contributed by atoms with Crippen molar-refractivity contribution in [2.24, 2.45) is 11.1 Å². The van der Waals surface area contributed by atoms with Crippen LogP contribution < -0.4 is 5.73 Å². The van der Waals surface area contributed by atoms with Crippen molar-refractivity contribution >= 4 is 0 Å². The van der Waals surface area contributed by atoms with E-state index in [-0.39, 0.29) is 5.41 Å². The predicted octanol–water partition coefficient (Wildman–Crippen LogP) is 2.66. The zero-order valence-electron chi connectivity index (χ0n) is 10.5. The van der Waals surface area contributed by atoms with Crippen LogP contribution in [-0.2, 0) is 5.60 Å². The van der Waals surface area contributed by atoms with E-state index in [4.69, 9.17) is 5.73 Å². The largest absolute Gasteiger partial charge is 0.385 e. The molecule has 1 atom stereocenters. The van der Waals surface area contributed by atoms with Crippen molar-refractivity contribution in [3.05, 3.63) is 35.9 Å². The molecule has 0 amide bonds. The quantitative estimate of drug-likeness (QED) is 0.803. The van der Waals surface area contributed by atoms with E-state index in [1.54, 1.807) is 0 Å². The van der Waals surface area contributed by atoms with Crippen LogP contribution in [0.15, 0.2) is 30.3 Å². The molecule has 0 radical (unpaired) electrons. The van der Waals surface area contributed by atoms with Crippen molar-refractivity contribution in [2.75, 3.05) is 6.54 Å². The van der Waals surface area contributed by atoms with E-state index in [0.717, 1.165) is 18.4 Å². The van der Waals surface area contributed by atoms with Gasteiger partial charge in [-0.3, -0.25) is 0 Å². The molecule has 0 saturated carbocycles. The molecule has 0 saturated heterocycles. The van der Waals surface area contributed by atoms with Crippen molar-refractivity contribution in [1.29, 1.82) is 0 Å². The Morgan fingerprint density at radius 2 is 1.75 bits per heavy atom. The first-order valence-corrected chi connectivity index (χ1v) is 5.96. The number of aliphatic hydroxyl groups is 1. The van der Waals surface area contributed by atoms with Crippen molar-refractivity contribution < 1.29 is 5.11 Å². The van der Waals surface area contributed by atoms with E-state index >= 15 is 0 Å². The highest BCUT2D eigenvalue weighted by Gasteiger charge is 2.42. The fourth-order valence-electron chi connectivity index (χ4n) is 2.12. The third-order valence-electron chi connectivity index (χ3n) is 3.49. The van der Waals surface area contributed by atoms with Gasteiger partial charge in [-0.05, 0) is 12.0 Å². The van der Waals surface area contributed by atoms with Gasteiger partial charge < -0.3 is 10.8 Å². The van der Waals surface area contributed by atoms with Gasteiger partial charge in [0.1, 0.15) is 0 Å². The van der Waals surface area contributed by atoms with Crippen molar-refractivity contribution in [3.8, 4) is 0 Å². The first-order chi connectivity index (χ1) is 7.48. The number of nitrogens with two attached hydrogens (primary N) is 1. The van der Waals surface area contributed by atoms with E-state index in [1.165, 1.54) is 0 Å². The molecule has 0 fully saturated rings. The summed E-state index contributed by atoms with van der Waals surface area (Å²) in [4.78, 5) is 0. The van der Waals surface area contributed by atoms with Crippen molar-refractivity contribution in [3.63, 3.8) is 0 Å². The molecular formula is C14H23NO. The lowest BCUT2D eigenvalue weighted by molar-refractivity contribution is -0.0764. The smallest absolute Gasteiger partial charge is 0.0959 e. The number of benzene rings is 1. The second-order valence-electron chi connectivity index (χ2n) is 5.06. The lowest BCUT2D eigenvalue weighted by atomic mass is 9.68. The van der Waals surface area contributed by atoms with Crippen LogP contribution in [0.25, 0.3) is 0 Å². The Morgan fingerprint density at radius 3 is 2.19 bits per heavy atom. The summed E-state index contributed by atoms with van der Waals surface area (Å²) in [6, 6.07) is 9.84. The third-order valence-corrected chi connectivity index (χ3v) is 3.49. The van der Waals surface area contributed by atoms with Crippen LogP contribution in [-0.4, -0.2) is 11.7 Å². The molecule has 1 rings (SSSR count). The first-order valence-electron chi connectivity index (χ1n) is 5.96. The molecule has 0 aliphatic carbocycles. The molecule has 2 nitrogen and oxygen atoms in total. The second-order valence-corrected chi connectivity index (χ2v) is 5.06. The standard InChI is InChI=1S/C14H23NO/c1-4-10-14(16,13(2,3)11-15)12-8-6-5-7-9-12/h5-9,16H,4,10-11,15H2,1-3H3. The van der Waals surface area contributed by atoms with Gasteiger partial charge in [0.2, 0.25) is 0 Å². The molecule has 0 bridgehead atoms. The molecule has 0 aliphatic rings. The van der Waals surface area contributed by atoms with E-state index in [0.29, 0.717) is 6.54 Å². The van der Waals surface area contributed by atoms with Gasteiger partial charge in [-0.2, -0.15) is 0 Å².